The van der Waals surface area contributed by atoms with E-state index < -0.39 is 199 Å². The molecule has 27 unspecified atom stereocenters. The highest BCUT2D eigenvalue weighted by atomic mass is 32.3. The number of aliphatic hydroxyl groups excluding tert-OH is 11. The van der Waals surface area contributed by atoms with E-state index in [-0.39, 0.29) is 42.8 Å². The number of allylic oxidation sites excluding steroid dienone is 4. The Balaban J connectivity index is 0.980. The summed E-state index contributed by atoms with van der Waals surface area (Å²) in [5, 5.41) is 135. The maximum absolute atomic E-state index is 13.1. The molecule has 0 aromatic heterocycles. The van der Waals surface area contributed by atoms with Crippen LogP contribution in [0.15, 0.2) is 23.3 Å². The zero-order valence-electron chi connectivity index (χ0n) is 48.8. The quantitative estimate of drug-likeness (QED) is 0.0464. The van der Waals surface area contributed by atoms with Crippen LogP contribution >= 0.6 is 0 Å². The lowest BCUT2D eigenvalue weighted by atomic mass is 9.47. The zero-order valence-corrected chi connectivity index (χ0v) is 49.6. The molecule has 33 atom stereocenters. The second kappa shape index (κ2) is 25.4. The Morgan fingerprint density at radius 1 is 0.619 bits per heavy atom. The van der Waals surface area contributed by atoms with E-state index in [1.165, 1.54) is 33.8 Å². The van der Waals surface area contributed by atoms with E-state index >= 15 is 0 Å². The van der Waals surface area contributed by atoms with Gasteiger partial charge in [-0.2, -0.15) is 8.42 Å². The van der Waals surface area contributed by atoms with Crippen molar-refractivity contribution in [2.45, 2.75) is 279 Å². The van der Waals surface area contributed by atoms with Crippen molar-refractivity contribution >= 4 is 16.2 Å². The summed E-state index contributed by atoms with van der Waals surface area (Å²) in [6.07, 6.45) is -34.3. The molecule has 0 spiro atoms. The number of carbonyl (C=O) groups excluding carboxylic acids is 1. The lowest BCUT2D eigenvalue weighted by Gasteiger charge is -2.60. The maximum Gasteiger partial charge on any atom is 0.397 e. The van der Waals surface area contributed by atoms with Crippen LogP contribution in [0.4, 0.5) is 0 Å². The predicted molar refractivity (Wildman–Crippen MR) is 284 cm³/mol. The van der Waals surface area contributed by atoms with E-state index in [1.54, 1.807) is 6.92 Å². The summed E-state index contributed by atoms with van der Waals surface area (Å²) in [4.78, 5) is 13.1. The van der Waals surface area contributed by atoms with E-state index in [2.05, 4.69) is 19.9 Å². The molecule has 5 saturated heterocycles. The number of fused-ring (bicyclic) bond motifs is 5. The molecule has 8 fully saturated rings. The Labute approximate surface area is 488 Å². The summed E-state index contributed by atoms with van der Waals surface area (Å²) < 4.78 is 101. The van der Waals surface area contributed by atoms with E-state index in [4.69, 9.17) is 51.6 Å². The minimum Gasteiger partial charge on any atom is -0.389 e. The zero-order chi connectivity index (χ0) is 61.6. The Morgan fingerprint density at radius 3 is 1.70 bits per heavy atom. The van der Waals surface area contributed by atoms with Crippen molar-refractivity contribution in [3.63, 3.8) is 0 Å². The number of hydrogen-bond acceptors (Lipinski definition) is 26. The number of hydrogen-bond donors (Lipinski definition) is 13. The van der Waals surface area contributed by atoms with Crippen molar-refractivity contribution in [2.24, 2.45) is 34.5 Å². The van der Waals surface area contributed by atoms with Crippen LogP contribution in [0.2, 0.25) is 0 Å². The molecule has 5 heterocycles. The third-order valence-electron chi connectivity index (χ3n) is 20.0. The summed E-state index contributed by atoms with van der Waals surface area (Å²) in [5.41, 5.74) is -0.475. The summed E-state index contributed by atoms with van der Waals surface area (Å²) in [6, 6.07) is 0. The van der Waals surface area contributed by atoms with Crippen LogP contribution in [0.5, 0.6) is 0 Å². The molecule has 0 aromatic rings. The van der Waals surface area contributed by atoms with Crippen molar-refractivity contribution in [2.75, 3.05) is 6.61 Å². The number of carbonyl (C=O) groups is 1. The van der Waals surface area contributed by atoms with E-state index in [1.807, 2.05) is 13.8 Å². The van der Waals surface area contributed by atoms with E-state index in [0.717, 1.165) is 11.1 Å². The van der Waals surface area contributed by atoms with Gasteiger partial charge in [-0.15, -0.1) is 0 Å². The minimum absolute atomic E-state index is 0.00865. The first-order valence-corrected chi connectivity index (χ1v) is 30.8. The van der Waals surface area contributed by atoms with Crippen molar-refractivity contribution < 1.29 is 131 Å². The van der Waals surface area contributed by atoms with Gasteiger partial charge in [-0.1, -0.05) is 31.1 Å². The molecule has 9 aliphatic rings. The van der Waals surface area contributed by atoms with Gasteiger partial charge >= 0.3 is 10.4 Å². The molecule has 0 bridgehead atoms. The number of rotatable bonds is 16. The molecule has 84 heavy (non-hydrogen) atoms. The van der Waals surface area contributed by atoms with Crippen LogP contribution in [0, 0.1) is 34.5 Å². The average Bonchev–Trinajstić information content (AvgIpc) is 1.36. The third kappa shape index (κ3) is 13.0. The highest BCUT2D eigenvalue weighted by molar-refractivity contribution is 7.80. The Bertz CT molecular complexity index is 2460. The van der Waals surface area contributed by atoms with Gasteiger partial charge in [0.15, 0.2) is 37.2 Å². The Morgan fingerprint density at radius 2 is 1.13 bits per heavy atom. The normalized spacial score (nSPS) is 51.6. The van der Waals surface area contributed by atoms with Gasteiger partial charge in [0.2, 0.25) is 0 Å². The molecule has 27 nitrogen and oxygen atoms in total. The first-order chi connectivity index (χ1) is 39.1. The molecule has 0 radical (unpaired) electrons. The number of aliphatic hydroxyl groups is 12. The monoisotopic (exact) mass is 1230 g/mol. The Hall–Kier alpha value is -1.86. The van der Waals surface area contributed by atoms with Gasteiger partial charge in [-0.25, -0.2) is 4.18 Å². The SMILES string of the molecule is CC(C)=CC(=O)CC(C)(O)[C@H]1CCC2C3C[C@H](OC4OC(C)C(O)C(OC5OCC(OC6OC(C)C(O)C(O)C6OC6OC(C)C(O)C(O)C6O)C(O)C5OC5OC(C)C(O)C(O)C5O)C4O)[C@H]4C[C@@H](OS(=O)(=O)O)CC[C@]4(C)C3=CC[C@@]21C. The molecule has 0 aromatic carbocycles. The molecule has 9 rings (SSSR count). The largest absolute Gasteiger partial charge is 0.397 e. The van der Waals surface area contributed by atoms with Crippen molar-refractivity contribution in [1.29, 1.82) is 0 Å². The fourth-order valence-electron chi connectivity index (χ4n) is 15.5. The highest BCUT2D eigenvalue weighted by Crippen LogP contribution is 2.67. The van der Waals surface area contributed by atoms with Gasteiger partial charge in [0.1, 0.15) is 91.6 Å². The van der Waals surface area contributed by atoms with Crippen molar-refractivity contribution in [3.05, 3.63) is 23.3 Å². The van der Waals surface area contributed by atoms with Gasteiger partial charge in [-0.05, 0) is 134 Å². The maximum atomic E-state index is 13.1. The minimum atomic E-state index is -4.88. The lowest BCUT2D eigenvalue weighted by molar-refractivity contribution is -0.397. The topological polar surface area (TPSA) is 416 Å². The highest BCUT2D eigenvalue weighted by Gasteiger charge is 2.64. The fraction of sp³-hybridized carbons (Fsp3) is 0.911. The lowest BCUT2D eigenvalue weighted by Crippen LogP contribution is -2.66. The second-order valence-corrected chi connectivity index (χ2v) is 27.2. The van der Waals surface area contributed by atoms with Gasteiger partial charge in [0.25, 0.3) is 0 Å². The molecular formula is C56H90O27S. The molecule has 5 aliphatic heterocycles. The standard InChI is InChI=1S/C56H90O27S/c1-21(2)16-26(57)19-56(9,69)34-11-10-29-28-18-32(31-17-27(83-84(70,71)72)12-14-54(31,7)30(28)13-15-55(29,34)8)78-51-45(68)46(38(61)25(6)76-51)80-52-47(81-49-43(66)40(63)35(58)22(3)74-49)39(62)33(20-73-52)79-53-48(42(65)37(60)24(5)77-53)82-50-44(67)41(64)36(59)23(4)75-50/h13,16,22-25,27-29,31-53,58-69H,10-12,14-15,17-20H2,1-9H3,(H,70,71,72)/t22?,23?,24?,25?,27-,28?,29?,31+,32-,33?,34-,35?,36?,37?,38?,39?,40?,41?,42?,43?,44?,45?,46?,47?,48?,49?,50?,51?,52?,53?,54+,55-,56?/m0/s1. The van der Waals surface area contributed by atoms with Crippen LogP contribution in [0.25, 0.3) is 0 Å². The van der Waals surface area contributed by atoms with Crippen molar-refractivity contribution in [3.8, 4) is 0 Å². The van der Waals surface area contributed by atoms with Crippen LogP contribution in [-0.2, 0) is 66.7 Å². The Kier molecular flexibility index (Phi) is 20.2. The summed E-state index contributed by atoms with van der Waals surface area (Å²) in [6.45, 7) is 14.7. The molecule has 13 N–H and O–H groups in total. The smallest absolute Gasteiger partial charge is 0.389 e. The fourth-order valence-corrected chi connectivity index (χ4v) is 16.0. The number of ether oxygens (including phenoxy) is 10. The second-order valence-electron chi connectivity index (χ2n) is 26.2. The summed E-state index contributed by atoms with van der Waals surface area (Å²) in [5.74, 6) is -1.09. The molecular weight excluding hydrogens is 1140 g/mol. The molecule has 3 saturated carbocycles. The van der Waals surface area contributed by atoms with E-state index in [0.29, 0.717) is 32.1 Å². The van der Waals surface area contributed by atoms with Crippen LogP contribution in [0.3, 0.4) is 0 Å². The van der Waals surface area contributed by atoms with Gasteiger partial charge in [-0.3, -0.25) is 9.35 Å². The third-order valence-corrected chi connectivity index (χ3v) is 20.6. The first kappa shape index (κ1) is 66.6. The summed E-state index contributed by atoms with van der Waals surface area (Å²) in [7, 11) is -4.88. The van der Waals surface area contributed by atoms with Gasteiger partial charge in [0, 0.05) is 6.42 Å². The molecule has 0 amide bonds. The van der Waals surface area contributed by atoms with Crippen LogP contribution in [-0.4, -0.2) is 252 Å². The van der Waals surface area contributed by atoms with Gasteiger partial charge < -0.3 is 109 Å². The molecule has 482 valence electrons. The van der Waals surface area contributed by atoms with E-state index in [9.17, 15) is 79.0 Å². The summed E-state index contributed by atoms with van der Waals surface area (Å²) >= 11 is 0. The van der Waals surface area contributed by atoms with Crippen LogP contribution in [0.1, 0.15) is 114 Å². The predicted octanol–water partition coefficient (Wildman–Crippen LogP) is -1.73. The molecule has 28 heteroatoms. The van der Waals surface area contributed by atoms with Crippen molar-refractivity contribution in [1.82, 2.24) is 0 Å². The average molecular weight is 1230 g/mol. The number of ketones is 1. The first-order valence-electron chi connectivity index (χ1n) is 29.4. The van der Waals surface area contributed by atoms with Crippen LogP contribution < -0.4 is 0 Å². The molecule has 4 aliphatic carbocycles. The van der Waals surface area contributed by atoms with Gasteiger partial charge in [0.05, 0.1) is 48.8 Å².